The zero-order valence-corrected chi connectivity index (χ0v) is 10.8. The van der Waals surface area contributed by atoms with Gasteiger partial charge in [0.05, 0.1) is 0 Å². The van der Waals surface area contributed by atoms with Crippen molar-refractivity contribution >= 4 is 5.95 Å². The summed E-state index contributed by atoms with van der Waals surface area (Å²) in [6.45, 7) is 6.43. The Balaban J connectivity index is 2.23. The van der Waals surface area contributed by atoms with E-state index in [1.165, 1.54) is 11.1 Å². The largest absolute Gasteiger partial charge is 0.439 e. The van der Waals surface area contributed by atoms with Crippen molar-refractivity contribution < 1.29 is 4.74 Å². The number of benzene rings is 1. The molecule has 4 heteroatoms. The van der Waals surface area contributed by atoms with Crippen LogP contribution in [0.3, 0.4) is 0 Å². The van der Waals surface area contributed by atoms with Gasteiger partial charge < -0.3 is 10.5 Å². The van der Waals surface area contributed by atoms with Crippen LogP contribution in [0.2, 0.25) is 0 Å². The lowest BCUT2D eigenvalue weighted by Crippen LogP contribution is -1.97. The van der Waals surface area contributed by atoms with Gasteiger partial charge in [-0.15, -0.1) is 0 Å². The molecule has 0 saturated carbocycles. The second kappa shape index (κ2) is 5.04. The summed E-state index contributed by atoms with van der Waals surface area (Å²) in [6, 6.07) is 7.72. The van der Waals surface area contributed by atoms with Gasteiger partial charge in [-0.25, -0.2) is 4.98 Å². The van der Waals surface area contributed by atoms with Crippen LogP contribution < -0.4 is 10.5 Å². The Labute approximate surface area is 107 Å². The van der Waals surface area contributed by atoms with Crippen LogP contribution in [0.5, 0.6) is 11.6 Å². The molecule has 0 spiro atoms. The molecule has 2 rings (SSSR count). The van der Waals surface area contributed by atoms with E-state index in [1.54, 1.807) is 12.3 Å². The number of nitrogen functional groups attached to an aromatic ring is 1. The first-order chi connectivity index (χ1) is 8.56. The van der Waals surface area contributed by atoms with Crippen LogP contribution in [0, 0.1) is 6.92 Å². The number of anilines is 1. The zero-order chi connectivity index (χ0) is 13.1. The topological polar surface area (TPSA) is 61.0 Å². The minimum Gasteiger partial charge on any atom is -0.439 e. The van der Waals surface area contributed by atoms with Crippen LogP contribution in [0.15, 0.2) is 30.5 Å². The normalized spacial score (nSPS) is 10.7. The summed E-state index contributed by atoms with van der Waals surface area (Å²) >= 11 is 0. The zero-order valence-electron chi connectivity index (χ0n) is 10.8. The Kier molecular flexibility index (Phi) is 3.46. The molecular formula is C14H17N3O. The van der Waals surface area contributed by atoms with Crippen LogP contribution in [0.25, 0.3) is 0 Å². The van der Waals surface area contributed by atoms with E-state index < -0.39 is 0 Å². The van der Waals surface area contributed by atoms with Gasteiger partial charge in [-0.3, -0.25) is 0 Å². The third kappa shape index (κ3) is 2.77. The summed E-state index contributed by atoms with van der Waals surface area (Å²) in [7, 11) is 0. The van der Waals surface area contributed by atoms with Gasteiger partial charge in [0, 0.05) is 12.3 Å². The predicted octanol–water partition coefficient (Wildman–Crippen LogP) is 3.28. The van der Waals surface area contributed by atoms with E-state index >= 15 is 0 Å². The number of hydrogen-bond acceptors (Lipinski definition) is 4. The highest BCUT2D eigenvalue weighted by atomic mass is 16.5. The van der Waals surface area contributed by atoms with E-state index in [0.29, 0.717) is 11.8 Å². The first-order valence-electron chi connectivity index (χ1n) is 5.93. The van der Waals surface area contributed by atoms with Gasteiger partial charge in [0.1, 0.15) is 5.75 Å². The summed E-state index contributed by atoms with van der Waals surface area (Å²) < 4.78 is 5.64. The number of rotatable bonds is 3. The highest BCUT2D eigenvalue weighted by Crippen LogP contribution is 2.26. The number of nitrogens with two attached hydrogens (primary N) is 1. The molecule has 0 saturated heterocycles. The fourth-order valence-corrected chi connectivity index (χ4v) is 1.89. The molecule has 0 aliphatic rings. The number of nitrogens with zero attached hydrogens (tertiary/aromatic N) is 2. The van der Waals surface area contributed by atoms with Crippen molar-refractivity contribution in [3.8, 4) is 11.6 Å². The lowest BCUT2D eigenvalue weighted by atomic mass is 9.98. The molecular weight excluding hydrogens is 226 g/mol. The van der Waals surface area contributed by atoms with Gasteiger partial charge in [0.25, 0.3) is 0 Å². The van der Waals surface area contributed by atoms with Gasteiger partial charge in [-0.1, -0.05) is 19.9 Å². The van der Waals surface area contributed by atoms with Crippen molar-refractivity contribution in [2.24, 2.45) is 0 Å². The predicted molar refractivity (Wildman–Crippen MR) is 71.8 cm³/mol. The minimum atomic E-state index is 0.211. The highest BCUT2D eigenvalue weighted by Gasteiger charge is 2.06. The molecule has 0 amide bonds. The van der Waals surface area contributed by atoms with Crippen molar-refractivity contribution in [2.75, 3.05) is 5.73 Å². The molecule has 0 aliphatic heterocycles. The maximum atomic E-state index is 5.64. The number of ether oxygens (including phenoxy) is 1. The first kappa shape index (κ1) is 12.4. The molecule has 4 nitrogen and oxygen atoms in total. The van der Waals surface area contributed by atoms with Gasteiger partial charge in [-0.2, -0.15) is 4.98 Å². The van der Waals surface area contributed by atoms with Crippen LogP contribution in [-0.2, 0) is 0 Å². The van der Waals surface area contributed by atoms with E-state index in [4.69, 9.17) is 10.5 Å². The molecule has 1 aromatic carbocycles. The first-order valence-corrected chi connectivity index (χ1v) is 5.93. The average molecular weight is 243 g/mol. The van der Waals surface area contributed by atoms with Crippen LogP contribution in [0.1, 0.15) is 30.9 Å². The summed E-state index contributed by atoms with van der Waals surface area (Å²) in [6.07, 6.45) is 1.58. The van der Waals surface area contributed by atoms with E-state index in [2.05, 4.69) is 36.8 Å². The molecule has 0 bridgehead atoms. The fraction of sp³-hybridized carbons (Fsp3) is 0.286. The van der Waals surface area contributed by atoms with Crippen molar-refractivity contribution in [3.05, 3.63) is 41.6 Å². The number of hydrogen-bond donors (Lipinski definition) is 1. The van der Waals surface area contributed by atoms with Crippen molar-refractivity contribution in [2.45, 2.75) is 26.7 Å². The summed E-state index contributed by atoms with van der Waals surface area (Å²) in [5.41, 5.74) is 8.04. The van der Waals surface area contributed by atoms with Gasteiger partial charge in [0.15, 0.2) is 0 Å². The van der Waals surface area contributed by atoms with Gasteiger partial charge >= 0.3 is 0 Å². The SMILES string of the molecule is Cc1cc(Oc2ccnc(N)n2)ccc1C(C)C. The summed E-state index contributed by atoms with van der Waals surface area (Å²) in [4.78, 5) is 7.82. The molecule has 1 aromatic heterocycles. The second-order valence-electron chi connectivity index (χ2n) is 4.53. The van der Waals surface area contributed by atoms with E-state index in [-0.39, 0.29) is 5.95 Å². The number of aromatic nitrogens is 2. The van der Waals surface area contributed by atoms with Crippen molar-refractivity contribution in [1.29, 1.82) is 0 Å². The molecule has 2 N–H and O–H groups in total. The molecule has 18 heavy (non-hydrogen) atoms. The molecule has 0 fully saturated rings. The Bertz CT molecular complexity index is 552. The third-order valence-corrected chi connectivity index (χ3v) is 2.73. The Morgan fingerprint density at radius 2 is 2.00 bits per heavy atom. The molecule has 0 aliphatic carbocycles. The number of aryl methyl sites for hydroxylation is 1. The maximum absolute atomic E-state index is 5.64. The molecule has 0 atom stereocenters. The Morgan fingerprint density at radius 1 is 1.22 bits per heavy atom. The van der Waals surface area contributed by atoms with Crippen molar-refractivity contribution in [1.82, 2.24) is 9.97 Å². The van der Waals surface area contributed by atoms with E-state index in [0.717, 1.165) is 5.75 Å². The van der Waals surface area contributed by atoms with Crippen molar-refractivity contribution in [3.63, 3.8) is 0 Å². The smallest absolute Gasteiger partial charge is 0.224 e. The maximum Gasteiger partial charge on any atom is 0.224 e. The highest BCUT2D eigenvalue weighted by molar-refractivity contribution is 5.38. The lowest BCUT2D eigenvalue weighted by Gasteiger charge is -2.11. The fourth-order valence-electron chi connectivity index (χ4n) is 1.89. The van der Waals surface area contributed by atoms with Crippen LogP contribution in [-0.4, -0.2) is 9.97 Å². The van der Waals surface area contributed by atoms with Gasteiger partial charge in [-0.05, 0) is 36.1 Å². The molecule has 94 valence electrons. The van der Waals surface area contributed by atoms with Gasteiger partial charge in [0.2, 0.25) is 11.8 Å². The minimum absolute atomic E-state index is 0.211. The van der Waals surface area contributed by atoms with E-state index in [9.17, 15) is 0 Å². The summed E-state index contributed by atoms with van der Waals surface area (Å²) in [5.74, 6) is 1.94. The lowest BCUT2D eigenvalue weighted by molar-refractivity contribution is 0.462. The Hall–Kier alpha value is -2.10. The molecule has 1 heterocycles. The second-order valence-corrected chi connectivity index (χ2v) is 4.53. The quantitative estimate of drug-likeness (QED) is 0.898. The molecule has 0 radical (unpaired) electrons. The molecule has 0 unspecified atom stereocenters. The van der Waals surface area contributed by atoms with Crippen LogP contribution in [0.4, 0.5) is 5.95 Å². The van der Waals surface area contributed by atoms with Crippen LogP contribution >= 0.6 is 0 Å². The van der Waals surface area contributed by atoms with E-state index in [1.807, 2.05) is 12.1 Å². The average Bonchev–Trinajstić information content (AvgIpc) is 2.28. The standard InChI is InChI=1S/C14H17N3O/c1-9(2)12-5-4-11(8-10(12)3)18-13-6-7-16-14(15)17-13/h4-9H,1-3H3,(H2,15,16,17). The third-order valence-electron chi connectivity index (χ3n) is 2.73. The molecule has 2 aromatic rings. The Morgan fingerprint density at radius 3 is 2.61 bits per heavy atom. The monoisotopic (exact) mass is 243 g/mol. The summed E-state index contributed by atoms with van der Waals surface area (Å²) in [5, 5.41) is 0.